The maximum absolute atomic E-state index is 13.2. The maximum Gasteiger partial charge on any atom is 0.312 e. The molecule has 4 atom stereocenters. The van der Waals surface area contributed by atoms with Crippen LogP contribution in [0.3, 0.4) is 0 Å². The average molecular weight is 379 g/mol. The van der Waals surface area contributed by atoms with Crippen LogP contribution in [0.2, 0.25) is 0 Å². The van der Waals surface area contributed by atoms with Crippen LogP contribution in [-0.4, -0.2) is 11.1 Å². The minimum absolute atomic E-state index is 0.0918. The van der Waals surface area contributed by atoms with Gasteiger partial charge >= 0.3 is 5.97 Å². The summed E-state index contributed by atoms with van der Waals surface area (Å²) in [6.45, 7) is 2.41. The second-order valence-electron chi connectivity index (χ2n) is 8.73. The van der Waals surface area contributed by atoms with E-state index in [9.17, 15) is 9.90 Å². The van der Waals surface area contributed by atoms with Gasteiger partial charge in [-0.1, -0.05) is 67.6 Å². The molecule has 4 unspecified atom stereocenters. The largest absolute Gasteiger partial charge is 0.460 e. The van der Waals surface area contributed by atoms with Crippen LogP contribution in [0.1, 0.15) is 56.6 Å². The highest BCUT2D eigenvalue weighted by atomic mass is 16.5. The van der Waals surface area contributed by atoms with Crippen LogP contribution >= 0.6 is 0 Å². The van der Waals surface area contributed by atoms with Crippen molar-refractivity contribution in [3.05, 3.63) is 71.8 Å². The lowest BCUT2D eigenvalue weighted by molar-refractivity contribution is -0.172. The zero-order valence-electron chi connectivity index (χ0n) is 16.6. The molecule has 3 nitrogen and oxygen atoms in total. The summed E-state index contributed by atoms with van der Waals surface area (Å²) in [6, 6.07) is 19.9. The Morgan fingerprint density at radius 3 is 2.43 bits per heavy atom. The number of ether oxygens (including phenoxy) is 1. The lowest BCUT2D eigenvalue weighted by Crippen LogP contribution is -2.50. The van der Waals surface area contributed by atoms with Crippen molar-refractivity contribution in [2.75, 3.05) is 0 Å². The number of carbonyl (C=O) groups excluding carboxylic acids is 1. The average Bonchev–Trinajstić information content (AvgIpc) is 2.76. The Kier molecular flexibility index (Phi) is 5.29. The molecule has 0 heterocycles. The predicted octanol–water partition coefficient (Wildman–Crippen LogP) is 5.22. The van der Waals surface area contributed by atoms with Crippen LogP contribution in [0.15, 0.2) is 60.7 Å². The molecule has 2 aromatic carbocycles. The van der Waals surface area contributed by atoms with E-state index in [-0.39, 0.29) is 11.9 Å². The van der Waals surface area contributed by atoms with E-state index in [2.05, 4.69) is 6.92 Å². The molecule has 0 saturated heterocycles. The third-order valence-electron chi connectivity index (χ3n) is 7.14. The van der Waals surface area contributed by atoms with Gasteiger partial charge in [-0.15, -0.1) is 0 Å². The van der Waals surface area contributed by atoms with Crippen molar-refractivity contribution in [3.8, 4) is 0 Å². The molecular weight excluding hydrogens is 348 g/mol. The molecule has 1 N–H and O–H groups in total. The number of rotatable bonds is 5. The summed E-state index contributed by atoms with van der Waals surface area (Å²) in [5.74, 6) is 0.504. The molecule has 0 aromatic heterocycles. The molecule has 0 radical (unpaired) electrons. The van der Waals surface area contributed by atoms with E-state index in [0.29, 0.717) is 18.9 Å². The monoisotopic (exact) mass is 378 g/mol. The Labute approximate surface area is 167 Å². The number of benzene rings is 2. The molecule has 2 aliphatic rings. The van der Waals surface area contributed by atoms with E-state index in [0.717, 1.165) is 43.2 Å². The molecule has 28 heavy (non-hydrogen) atoms. The first-order valence-corrected chi connectivity index (χ1v) is 10.5. The molecule has 2 saturated carbocycles. The van der Waals surface area contributed by atoms with E-state index in [4.69, 9.17) is 4.74 Å². The molecule has 3 heteroatoms. The molecule has 0 aliphatic heterocycles. The van der Waals surface area contributed by atoms with E-state index >= 15 is 0 Å². The Hall–Kier alpha value is -2.13. The van der Waals surface area contributed by atoms with Crippen molar-refractivity contribution >= 4 is 5.97 Å². The fraction of sp³-hybridized carbons (Fsp3) is 0.480. The minimum Gasteiger partial charge on any atom is -0.460 e. The van der Waals surface area contributed by atoms with Crippen molar-refractivity contribution in [2.24, 2.45) is 17.3 Å². The van der Waals surface area contributed by atoms with Gasteiger partial charge in [-0.25, -0.2) is 0 Å². The van der Waals surface area contributed by atoms with Crippen LogP contribution in [0.5, 0.6) is 0 Å². The van der Waals surface area contributed by atoms with Crippen LogP contribution < -0.4 is 0 Å². The van der Waals surface area contributed by atoms with E-state index in [1.807, 2.05) is 60.7 Å². The van der Waals surface area contributed by atoms with Crippen LogP contribution in [-0.2, 0) is 21.7 Å². The second-order valence-corrected chi connectivity index (χ2v) is 8.73. The van der Waals surface area contributed by atoms with E-state index in [1.165, 1.54) is 0 Å². The van der Waals surface area contributed by atoms with Crippen molar-refractivity contribution in [1.29, 1.82) is 0 Å². The highest BCUT2D eigenvalue weighted by Gasteiger charge is 2.54. The molecule has 2 bridgehead atoms. The molecule has 4 rings (SSSR count). The standard InChI is InChI=1S/C25H30O3/c1-2-24(23(26)28-18-19-9-5-3-6-10-19)16-20-13-14-25(27,22(15-20)17-24)21-11-7-4-8-12-21/h3-12,20,22,27H,2,13-18H2,1H3. The van der Waals surface area contributed by atoms with Crippen molar-refractivity contribution < 1.29 is 14.6 Å². The molecule has 0 spiro atoms. The summed E-state index contributed by atoms with van der Waals surface area (Å²) in [6.07, 6.45) is 5.11. The Balaban J connectivity index is 1.54. The van der Waals surface area contributed by atoms with Crippen LogP contribution in [0.4, 0.5) is 0 Å². The lowest BCUT2D eigenvalue weighted by atomic mass is 9.54. The zero-order chi connectivity index (χ0) is 19.6. The van der Waals surface area contributed by atoms with Gasteiger partial charge in [0.2, 0.25) is 0 Å². The van der Waals surface area contributed by atoms with Crippen molar-refractivity contribution in [1.82, 2.24) is 0 Å². The number of fused-ring (bicyclic) bond motifs is 2. The third kappa shape index (κ3) is 3.48. The highest BCUT2D eigenvalue weighted by molar-refractivity contribution is 5.77. The summed E-state index contributed by atoms with van der Waals surface area (Å²) in [4.78, 5) is 13.2. The highest BCUT2D eigenvalue weighted by Crippen LogP contribution is 2.57. The third-order valence-corrected chi connectivity index (χ3v) is 7.14. The number of aliphatic hydroxyl groups is 1. The number of esters is 1. The predicted molar refractivity (Wildman–Crippen MR) is 109 cm³/mol. The van der Waals surface area contributed by atoms with Gasteiger partial charge in [0.15, 0.2) is 0 Å². The van der Waals surface area contributed by atoms with Gasteiger partial charge < -0.3 is 9.84 Å². The molecule has 148 valence electrons. The Bertz CT molecular complexity index is 803. The van der Waals surface area contributed by atoms with Gasteiger partial charge in [-0.05, 0) is 61.5 Å². The smallest absolute Gasteiger partial charge is 0.312 e. The van der Waals surface area contributed by atoms with Gasteiger partial charge in [0, 0.05) is 0 Å². The fourth-order valence-electron chi connectivity index (χ4n) is 5.47. The van der Waals surface area contributed by atoms with Gasteiger partial charge in [0.25, 0.3) is 0 Å². The summed E-state index contributed by atoms with van der Waals surface area (Å²) >= 11 is 0. The van der Waals surface area contributed by atoms with Gasteiger partial charge in [-0.2, -0.15) is 0 Å². The van der Waals surface area contributed by atoms with Crippen molar-refractivity contribution in [2.45, 2.75) is 57.7 Å². The minimum atomic E-state index is -0.835. The number of hydrogen-bond acceptors (Lipinski definition) is 3. The second kappa shape index (κ2) is 7.71. The molecule has 2 aromatic rings. The molecule has 2 aliphatic carbocycles. The van der Waals surface area contributed by atoms with Gasteiger partial charge in [0.1, 0.15) is 6.61 Å². The fourth-order valence-corrected chi connectivity index (χ4v) is 5.47. The quantitative estimate of drug-likeness (QED) is 0.725. The van der Waals surface area contributed by atoms with Gasteiger partial charge in [-0.3, -0.25) is 4.79 Å². The summed E-state index contributed by atoms with van der Waals surface area (Å²) in [5.41, 5.74) is 0.686. The molecule has 0 amide bonds. The zero-order valence-corrected chi connectivity index (χ0v) is 16.6. The first-order valence-electron chi connectivity index (χ1n) is 10.5. The summed E-state index contributed by atoms with van der Waals surface area (Å²) in [5, 5.41) is 11.6. The summed E-state index contributed by atoms with van der Waals surface area (Å²) < 4.78 is 5.78. The van der Waals surface area contributed by atoms with Crippen molar-refractivity contribution in [3.63, 3.8) is 0 Å². The summed E-state index contributed by atoms with van der Waals surface area (Å²) in [7, 11) is 0. The molecule has 2 fully saturated rings. The van der Waals surface area contributed by atoms with E-state index < -0.39 is 11.0 Å². The number of hydrogen-bond donors (Lipinski definition) is 1. The Morgan fingerprint density at radius 2 is 1.75 bits per heavy atom. The normalized spacial score (nSPS) is 31.9. The van der Waals surface area contributed by atoms with Gasteiger partial charge in [0.05, 0.1) is 11.0 Å². The molecular formula is C25H30O3. The first-order chi connectivity index (χ1) is 13.6. The SMILES string of the molecule is CCC1(C(=O)OCc2ccccc2)CC2CCC(O)(c3ccccc3)C(C2)C1. The first kappa shape index (κ1) is 19.2. The van der Waals surface area contributed by atoms with Crippen LogP contribution in [0.25, 0.3) is 0 Å². The topological polar surface area (TPSA) is 46.5 Å². The maximum atomic E-state index is 13.2. The Morgan fingerprint density at radius 1 is 1.07 bits per heavy atom. The van der Waals surface area contributed by atoms with Crippen LogP contribution in [0, 0.1) is 17.3 Å². The van der Waals surface area contributed by atoms with E-state index in [1.54, 1.807) is 0 Å². The number of carbonyl (C=O) groups is 1. The lowest BCUT2D eigenvalue weighted by Gasteiger charge is -2.52.